The molecule has 0 spiro atoms. The van der Waals surface area contributed by atoms with Gasteiger partial charge in [0.1, 0.15) is 0 Å². The second-order valence-electron chi connectivity index (χ2n) is 0. The van der Waals surface area contributed by atoms with Crippen molar-refractivity contribution in [3.63, 3.8) is 0 Å². The van der Waals surface area contributed by atoms with E-state index in [0.29, 0.717) is 0 Å². The summed E-state index contributed by atoms with van der Waals surface area (Å²) in [6.45, 7) is 0. The summed E-state index contributed by atoms with van der Waals surface area (Å²) in [6, 6.07) is 0. The molecular weight excluding hydrogens is 454 g/mol. The zero-order chi connectivity index (χ0) is 0. The first-order valence-electron chi connectivity index (χ1n) is 0. The fourth-order valence-electron chi connectivity index (χ4n) is 0. The van der Waals surface area contributed by atoms with E-state index < -0.39 is 0 Å². The van der Waals surface area contributed by atoms with Crippen LogP contribution >= 0.6 is 0 Å². The summed E-state index contributed by atoms with van der Waals surface area (Å²) in [5.74, 6) is 0. The van der Waals surface area contributed by atoms with Crippen LogP contribution < -0.4 is 0 Å². The average Bonchev–Trinajstić information content (AvgIpc) is 0. The maximum Gasteiger partial charge on any atom is 5.00 e. The van der Waals surface area contributed by atoms with Crippen LogP contribution in [0, 0.1) is 0 Å². The van der Waals surface area contributed by atoms with Crippen molar-refractivity contribution < 1.29 is 66.8 Å². The summed E-state index contributed by atoms with van der Waals surface area (Å²) in [5, 5.41) is 0. The van der Waals surface area contributed by atoms with Crippen molar-refractivity contribution in [3.05, 3.63) is 0 Å². The van der Waals surface area contributed by atoms with Crippen LogP contribution in [0.15, 0.2) is 0 Å². The fraction of sp³-hybridized carbons (Fsp3) is 0. The molecule has 0 saturated carbocycles. The largest absolute Gasteiger partial charge is 5.00 e. The van der Waals surface area contributed by atoms with Gasteiger partial charge in [0, 0.05) is 0 Å². The van der Waals surface area contributed by atoms with Crippen LogP contribution in [0.25, 0.3) is 0 Å². The Labute approximate surface area is 114 Å². The van der Waals surface area contributed by atoms with Gasteiger partial charge in [-0.05, 0) is 0 Å². The third-order valence-electron chi connectivity index (χ3n) is 0. The molecule has 0 heterocycles. The molecule has 0 unspecified atom stereocenters. The zero-order valence-electron chi connectivity index (χ0n) is 3.55. The molecule has 0 rings (SSSR count). The quantitative estimate of drug-likeness (QED) is 0.415. The molecule has 0 aliphatic carbocycles. The van der Waals surface area contributed by atoms with Gasteiger partial charge in [-0.25, -0.2) is 0 Å². The first-order chi connectivity index (χ1) is 0. The van der Waals surface area contributed by atoms with Crippen LogP contribution in [0.3, 0.4) is 0 Å². The van der Waals surface area contributed by atoms with E-state index in [4.69, 9.17) is 0 Å². The Bertz CT molecular complexity index is 12.4. The van der Waals surface area contributed by atoms with Crippen LogP contribution in [-0.4, -0.2) is 48.9 Å². The number of hydrogen-bond donors (Lipinski definition) is 0. The van der Waals surface area contributed by atoms with Crippen LogP contribution in [0.4, 0.5) is 0 Å². The summed E-state index contributed by atoms with van der Waals surface area (Å²) >= 11 is 0. The molecule has 0 aromatic heterocycles. The summed E-state index contributed by atoms with van der Waals surface area (Å²) in [5.41, 5.74) is 0. The summed E-state index contributed by atoms with van der Waals surface area (Å²) in [6.07, 6.45) is 0. The molecule has 0 aromatic carbocycles. The van der Waals surface area contributed by atoms with Crippen LogP contribution in [0.5, 0.6) is 0 Å². The predicted molar refractivity (Wildman–Crippen MR) is 9.19 cm³/mol. The zero-order valence-corrected chi connectivity index (χ0v) is 12.3. The molecule has 0 aliphatic rings. The Kier molecular flexibility index (Phi) is 1850. The minimum absolute atomic E-state index is 0. The third-order valence-corrected chi connectivity index (χ3v) is 0. The Morgan fingerprint density at radius 1 is 0.500 bits per heavy atom. The number of rotatable bonds is 0. The van der Waals surface area contributed by atoms with Crippen LogP contribution in [0.1, 0.15) is 0 Å². The third kappa shape index (κ3) is 72.6. The van der Waals surface area contributed by atoms with Crippen LogP contribution in [-0.2, 0) is 66.8 Å². The van der Waals surface area contributed by atoms with Gasteiger partial charge in [0.05, 0.1) is 0 Å². The van der Waals surface area contributed by atoms with E-state index in [0.717, 1.165) is 0 Å². The van der Waals surface area contributed by atoms with E-state index in [1.54, 1.807) is 0 Å². The van der Waals surface area contributed by atoms with Crippen molar-refractivity contribution >= 4 is 48.9 Å². The van der Waals surface area contributed by atoms with Crippen molar-refractivity contribution in [2.45, 2.75) is 0 Å². The standard InChI is InChI=1S/Ba.Fe.5O.Ta/q+2;+3;5*-2;+5. The number of hydrogen-bond acceptors (Lipinski definition) is 0. The molecule has 0 bridgehead atoms. The molecule has 5 nitrogen and oxygen atoms in total. The molecular formula is BaFeO5Ta. The topological polar surface area (TPSA) is 142 Å². The minimum atomic E-state index is 0. The average molecular weight is 454 g/mol. The molecule has 1 radical (unpaired) electrons. The van der Waals surface area contributed by atoms with Gasteiger partial charge in [0.25, 0.3) is 0 Å². The van der Waals surface area contributed by atoms with E-state index in [2.05, 4.69) is 0 Å². The Morgan fingerprint density at radius 3 is 0.500 bits per heavy atom. The Morgan fingerprint density at radius 2 is 0.500 bits per heavy atom. The van der Waals surface area contributed by atoms with Gasteiger partial charge >= 0.3 is 88.3 Å². The maximum absolute atomic E-state index is 0. The van der Waals surface area contributed by atoms with Gasteiger partial charge in [-0.2, -0.15) is 0 Å². The second-order valence-corrected chi connectivity index (χ2v) is 0. The van der Waals surface area contributed by atoms with E-state index in [9.17, 15) is 0 Å². The van der Waals surface area contributed by atoms with Crippen molar-refractivity contribution in [2.24, 2.45) is 0 Å². The predicted octanol–water partition coefficient (Wildman–Crippen LogP) is -0.980. The Hall–Kier alpha value is 2.63. The summed E-state index contributed by atoms with van der Waals surface area (Å²) in [7, 11) is 0. The summed E-state index contributed by atoms with van der Waals surface area (Å²) < 4.78 is 0. The first kappa shape index (κ1) is 142. The maximum atomic E-state index is 0. The van der Waals surface area contributed by atoms with E-state index >= 15 is 0 Å². The molecule has 8 heteroatoms. The van der Waals surface area contributed by atoms with Gasteiger partial charge < -0.3 is 27.4 Å². The van der Waals surface area contributed by atoms with E-state index in [-0.39, 0.29) is 116 Å². The van der Waals surface area contributed by atoms with Gasteiger partial charge in [-0.1, -0.05) is 0 Å². The van der Waals surface area contributed by atoms with Crippen molar-refractivity contribution in [2.75, 3.05) is 0 Å². The van der Waals surface area contributed by atoms with E-state index in [1.165, 1.54) is 0 Å². The smallest absolute Gasteiger partial charge is 2.00 e. The van der Waals surface area contributed by atoms with Crippen molar-refractivity contribution in [1.82, 2.24) is 0 Å². The van der Waals surface area contributed by atoms with Crippen molar-refractivity contribution in [3.8, 4) is 0 Å². The van der Waals surface area contributed by atoms with Crippen molar-refractivity contribution in [1.29, 1.82) is 0 Å². The molecule has 0 atom stereocenters. The molecule has 0 amide bonds. The minimum Gasteiger partial charge on any atom is -2.00 e. The monoisotopic (exact) mass is 455 g/mol. The second kappa shape index (κ2) is 104. The molecule has 0 fully saturated rings. The van der Waals surface area contributed by atoms with Gasteiger partial charge in [-0.3, -0.25) is 0 Å². The molecule has 0 aliphatic heterocycles. The van der Waals surface area contributed by atoms with E-state index in [1.807, 2.05) is 0 Å². The van der Waals surface area contributed by atoms with Gasteiger partial charge in [-0.15, -0.1) is 0 Å². The van der Waals surface area contributed by atoms with Gasteiger partial charge in [0.15, 0.2) is 0 Å². The normalized spacial score (nSPS) is 0. The SMILES string of the molecule is [Ba+2].[Fe+3].[O-2].[O-2].[O-2].[O-2].[O-2].[Ta+5]. The Balaban J connectivity index is 0. The summed E-state index contributed by atoms with van der Waals surface area (Å²) in [4.78, 5) is 0. The molecule has 0 aromatic rings. The molecule has 0 N–H and O–H groups in total. The first-order valence-corrected chi connectivity index (χ1v) is 0. The molecule has 0 saturated heterocycles. The van der Waals surface area contributed by atoms with Gasteiger partial charge in [0.2, 0.25) is 0 Å². The molecule has 8 heavy (non-hydrogen) atoms. The molecule has 45 valence electrons. The van der Waals surface area contributed by atoms with Crippen LogP contribution in [0.2, 0.25) is 0 Å². The fourth-order valence-corrected chi connectivity index (χ4v) is 0.